The molecule has 2 N–H and O–H groups in total. The highest BCUT2D eigenvalue weighted by atomic mass is 35.5. The summed E-state index contributed by atoms with van der Waals surface area (Å²) in [7, 11) is 0. The molecule has 1 aromatic heterocycles. The number of anilines is 1. The van der Waals surface area contributed by atoms with Crippen molar-refractivity contribution in [2.45, 2.75) is 18.6 Å². The van der Waals surface area contributed by atoms with Crippen LogP contribution in [0, 0.1) is 17.1 Å². The third-order valence-corrected chi connectivity index (χ3v) is 4.44. The summed E-state index contributed by atoms with van der Waals surface area (Å²) < 4.78 is 13.4. The van der Waals surface area contributed by atoms with Crippen molar-refractivity contribution in [1.82, 2.24) is 10.3 Å². The third-order valence-electron chi connectivity index (χ3n) is 4.22. The van der Waals surface area contributed by atoms with Gasteiger partial charge >= 0.3 is 0 Å². The molecule has 1 aromatic carbocycles. The van der Waals surface area contributed by atoms with Gasteiger partial charge in [-0.1, -0.05) is 11.6 Å². The number of carbonyl (C=O) groups excluding carboxylic acids is 2. The van der Waals surface area contributed by atoms with Crippen LogP contribution >= 0.6 is 11.6 Å². The van der Waals surface area contributed by atoms with Gasteiger partial charge in [0, 0.05) is 24.5 Å². The molecule has 9 heteroatoms. The number of nitriles is 1. The minimum Gasteiger partial charge on any atom is -0.372 e. The second kappa shape index (κ2) is 7.31. The number of carbonyl (C=O) groups is 2. The summed E-state index contributed by atoms with van der Waals surface area (Å²) in [6.45, 7) is 0.0203. The second-order valence-electron chi connectivity index (χ2n) is 6.04. The van der Waals surface area contributed by atoms with E-state index >= 15 is 0 Å². The van der Waals surface area contributed by atoms with Crippen LogP contribution in [0.2, 0.25) is 5.02 Å². The molecule has 1 aliphatic heterocycles. The summed E-state index contributed by atoms with van der Waals surface area (Å²) in [6.07, 6.45) is 1.22. The molecule has 0 radical (unpaired) electrons. The maximum Gasteiger partial charge on any atom is 0.268 e. The second-order valence-corrected chi connectivity index (χ2v) is 6.48. The van der Waals surface area contributed by atoms with Crippen LogP contribution in [0.25, 0.3) is 0 Å². The van der Waals surface area contributed by atoms with Crippen LogP contribution in [-0.2, 0) is 16.1 Å². The third kappa shape index (κ3) is 3.74. The van der Waals surface area contributed by atoms with Gasteiger partial charge < -0.3 is 15.3 Å². The topological polar surface area (TPSA) is 106 Å². The molecule has 0 unspecified atom stereocenters. The molecule has 2 amide bonds. The van der Waals surface area contributed by atoms with Gasteiger partial charge in [0.1, 0.15) is 17.6 Å². The first kappa shape index (κ1) is 18.8. The zero-order valence-electron chi connectivity index (χ0n) is 13.9. The monoisotopic (exact) mass is 388 g/mol. The van der Waals surface area contributed by atoms with Crippen LogP contribution in [0.5, 0.6) is 0 Å². The summed E-state index contributed by atoms with van der Waals surface area (Å²) in [5.41, 5.74) is -1.27. The van der Waals surface area contributed by atoms with Crippen LogP contribution in [0.4, 0.5) is 10.1 Å². The number of nitrogens with zero attached hydrogens (tertiary/aromatic N) is 3. The Labute approximate surface area is 159 Å². The number of aromatic nitrogens is 1. The first-order valence-corrected chi connectivity index (χ1v) is 8.35. The van der Waals surface area contributed by atoms with E-state index in [1.165, 1.54) is 35.4 Å². The van der Waals surface area contributed by atoms with E-state index in [9.17, 15) is 19.1 Å². The van der Waals surface area contributed by atoms with E-state index < -0.39 is 23.2 Å². The average molecular weight is 389 g/mol. The fourth-order valence-corrected chi connectivity index (χ4v) is 3.06. The molecule has 0 bridgehead atoms. The summed E-state index contributed by atoms with van der Waals surface area (Å²) in [6, 6.07) is 8.62. The van der Waals surface area contributed by atoms with E-state index in [2.05, 4.69) is 10.3 Å². The normalized spacial score (nSPS) is 19.0. The number of aliphatic hydroxyl groups is 1. The van der Waals surface area contributed by atoms with Gasteiger partial charge in [-0.2, -0.15) is 5.26 Å². The molecule has 1 saturated heterocycles. The fourth-order valence-electron chi connectivity index (χ4n) is 2.82. The Morgan fingerprint density at radius 3 is 2.85 bits per heavy atom. The number of pyridine rings is 1. The van der Waals surface area contributed by atoms with Crippen LogP contribution in [0.3, 0.4) is 0 Å². The molecule has 2 heterocycles. The minimum absolute atomic E-state index is 0.0929. The Bertz CT molecular complexity index is 924. The summed E-state index contributed by atoms with van der Waals surface area (Å²) in [4.78, 5) is 30.1. The number of hydrogen-bond donors (Lipinski definition) is 2. The van der Waals surface area contributed by atoms with Gasteiger partial charge in [-0.05, 0) is 35.9 Å². The summed E-state index contributed by atoms with van der Waals surface area (Å²) >= 11 is 5.76. The van der Waals surface area contributed by atoms with Crippen LogP contribution in [0.1, 0.15) is 17.7 Å². The largest absolute Gasteiger partial charge is 0.372 e. The smallest absolute Gasteiger partial charge is 0.268 e. The zero-order chi connectivity index (χ0) is 19.6. The van der Waals surface area contributed by atoms with Crippen molar-refractivity contribution in [3.8, 4) is 6.07 Å². The maximum atomic E-state index is 13.4. The fraction of sp³-hybridized carbons (Fsp3) is 0.222. The predicted octanol–water partition coefficient (Wildman–Crippen LogP) is 1.53. The molecule has 1 atom stereocenters. The SMILES string of the molecule is N#Cc1ccc(N2CC[C@@](O)(C(=O)NCc3cc(F)cc(Cl)c3)C2=O)cn1. The van der Waals surface area contributed by atoms with E-state index in [4.69, 9.17) is 16.9 Å². The van der Waals surface area contributed by atoms with E-state index in [0.29, 0.717) is 11.3 Å². The Hall–Kier alpha value is -3.02. The summed E-state index contributed by atoms with van der Waals surface area (Å²) in [5, 5.41) is 22.0. The Morgan fingerprint density at radius 2 is 2.22 bits per heavy atom. The number of benzene rings is 1. The number of halogens is 2. The van der Waals surface area contributed by atoms with E-state index in [0.717, 1.165) is 6.07 Å². The number of rotatable bonds is 4. The first-order chi connectivity index (χ1) is 12.8. The number of hydrogen-bond acceptors (Lipinski definition) is 5. The van der Waals surface area contributed by atoms with E-state index in [1.54, 1.807) is 0 Å². The van der Waals surface area contributed by atoms with Crippen molar-refractivity contribution in [3.63, 3.8) is 0 Å². The van der Waals surface area contributed by atoms with Crippen LogP contribution in [0.15, 0.2) is 36.5 Å². The van der Waals surface area contributed by atoms with Crippen molar-refractivity contribution in [1.29, 1.82) is 5.26 Å². The van der Waals surface area contributed by atoms with Crippen molar-refractivity contribution in [2.24, 2.45) is 0 Å². The van der Waals surface area contributed by atoms with Crippen LogP contribution in [-0.4, -0.2) is 34.1 Å². The molecule has 138 valence electrons. The standard InChI is InChI=1S/C18H14ClFN4O3/c19-12-5-11(6-13(20)7-12)9-23-16(25)18(27)3-4-24(17(18)26)15-2-1-14(8-21)22-10-15/h1-2,5-7,10,27H,3-4,9H2,(H,23,25)/t18-/m1/s1. The van der Waals surface area contributed by atoms with Gasteiger partial charge in [0.15, 0.2) is 0 Å². The molecule has 0 saturated carbocycles. The number of amides is 2. The highest BCUT2D eigenvalue weighted by molar-refractivity contribution is 6.30. The first-order valence-electron chi connectivity index (χ1n) is 7.97. The Morgan fingerprint density at radius 1 is 1.44 bits per heavy atom. The van der Waals surface area contributed by atoms with Crippen molar-refractivity contribution >= 4 is 29.1 Å². The molecule has 7 nitrogen and oxygen atoms in total. The molecule has 1 aliphatic rings. The number of nitrogens with one attached hydrogen (secondary N) is 1. The van der Waals surface area contributed by atoms with Gasteiger partial charge in [0.2, 0.25) is 5.60 Å². The predicted molar refractivity (Wildman–Crippen MR) is 94.1 cm³/mol. The molecule has 1 fully saturated rings. The Balaban J connectivity index is 1.70. The molecular formula is C18H14ClFN4O3. The van der Waals surface area contributed by atoms with Gasteiger partial charge in [-0.3, -0.25) is 9.59 Å². The molecule has 3 rings (SSSR count). The van der Waals surface area contributed by atoms with E-state index in [-0.39, 0.29) is 30.2 Å². The van der Waals surface area contributed by atoms with Gasteiger partial charge in [-0.25, -0.2) is 9.37 Å². The highest BCUT2D eigenvalue weighted by Crippen LogP contribution is 2.28. The lowest BCUT2D eigenvalue weighted by atomic mass is 10.0. The lowest BCUT2D eigenvalue weighted by Gasteiger charge is -2.21. The molecule has 27 heavy (non-hydrogen) atoms. The molecular weight excluding hydrogens is 375 g/mol. The van der Waals surface area contributed by atoms with Crippen molar-refractivity contribution in [3.05, 3.63) is 58.6 Å². The van der Waals surface area contributed by atoms with Gasteiger partial charge in [0.05, 0.1) is 11.9 Å². The lowest BCUT2D eigenvalue weighted by Crippen LogP contribution is -2.52. The van der Waals surface area contributed by atoms with E-state index in [1.807, 2.05) is 6.07 Å². The lowest BCUT2D eigenvalue weighted by molar-refractivity contribution is -0.149. The highest BCUT2D eigenvalue weighted by Gasteiger charge is 2.51. The molecule has 0 spiro atoms. The van der Waals surface area contributed by atoms with Crippen molar-refractivity contribution in [2.75, 3.05) is 11.4 Å². The minimum atomic E-state index is -2.23. The molecule has 0 aliphatic carbocycles. The van der Waals surface area contributed by atoms with Gasteiger partial charge in [0.25, 0.3) is 11.8 Å². The van der Waals surface area contributed by atoms with Crippen LogP contribution < -0.4 is 10.2 Å². The quantitative estimate of drug-likeness (QED) is 0.772. The zero-order valence-corrected chi connectivity index (χ0v) is 14.7. The Kier molecular flexibility index (Phi) is 5.08. The van der Waals surface area contributed by atoms with Gasteiger partial charge in [-0.15, -0.1) is 0 Å². The average Bonchev–Trinajstić information content (AvgIpc) is 2.95. The van der Waals surface area contributed by atoms with Crippen molar-refractivity contribution < 1.29 is 19.1 Å². The molecule has 2 aromatic rings. The summed E-state index contributed by atoms with van der Waals surface area (Å²) in [5.74, 6) is -2.22. The maximum absolute atomic E-state index is 13.4.